The van der Waals surface area contributed by atoms with Gasteiger partial charge < -0.3 is 0 Å². The maximum Gasteiger partial charge on any atom is 0.0232 e. The first-order chi connectivity index (χ1) is 4.13. The first-order valence-electron chi connectivity index (χ1n) is 3.43. The van der Waals surface area contributed by atoms with Gasteiger partial charge in [0, 0.05) is 22.8 Å². The summed E-state index contributed by atoms with van der Waals surface area (Å²) in [5, 5.41) is 0. The molecule has 0 aromatic carbocycles. The molecule has 0 saturated heterocycles. The molecule has 0 rings (SSSR count). The Balaban J connectivity index is 3.01. The Morgan fingerprint density at radius 3 is 2.33 bits per heavy atom. The van der Waals surface area contributed by atoms with Gasteiger partial charge in [0.1, 0.15) is 0 Å². The van der Waals surface area contributed by atoms with E-state index in [0.717, 1.165) is 18.1 Å². The summed E-state index contributed by atoms with van der Waals surface area (Å²) in [6.45, 7) is 4.39. The maximum atomic E-state index is 10.5. The summed E-state index contributed by atoms with van der Waals surface area (Å²) in [6.07, 6.45) is 4.08. The Hall–Kier alpha value is 0.150. The van der Waals surface area contributed by atoms with Gasteiger partial charge in [-0.2, -0.15) is 0 Å². The van der Waals surface area contributed by atoms with Crippen molar-refractivity contribution in [1.82, 2.24) is 0 Å². The summed E-state index contributed by atoms with van der Waals surface area (Å²) >= 11 is 0. The molecule has 2 heteroatoms. The monoisotopic (exact) mass is 148 g/mol. The second kappa shape index (κ2) is 4.98. The minimum Gasteiger partial charge on any atom is -0.260 e. The molecule has 0 amide bonds. The van der Waals surface area contributed by atoms with E-state index in [2.05, 4.69) is 13.8 Å². The molecule has 0 radical (unpaired) electrons. The highest BCUT2D eigenvalue weighted by Gasteiger charge is 1.94. The van der Waals surface area contributed by atoms with Crippen LogP contribution in [0.1, 0.15) is 26.7 Å². The van der Waals surface area contributed by atoms with E-state index in [1.54, 1.807) is 6.26 Å². The standard InChI is InChI=1S/C7H16OS/c1-7(2)5-4-6-9(3)8/h7H,4-6H2,1-3H3. The molecular formula is C7H16OS. The molecule has 0 aliphatic carbocycles. The van der Waals surface area contributed by atoms with E-state index in [9.17, 15) is 4.21 Å². The third-order valence-corrected chi connectivity index (χ3v) is 2.08. The van der Waals surface area contributed by atoms with Gasteiger partial charge in [-0.05, 0) is 12.3 Å². The van der Waals surface area contributed by atoms with E-state index in [1.165, 1.54) is 6.42 Å². The molecule has 0 saturated carbocycles. The molecule has 0 N–H and O–H groups in total. The Morgan fingerprint density at radius 2 is 2.00 bits per heavy atom. The van der Waals surface area contributed by atoms with E-state index in [4.69, 9.17) is 0 Å². The van der Waals surface area contributed by atoms with Gasteiger partial charge in [0.05, 0.1) is 0 Å². The van der Waals surface area contributed by atoms with Gasteiger partial charge in [-0.25, -0.2) is 0 Å². The van der Waals surface area contributed by atoms with Crippen LogP contribution in [0, 0.1) is 5.92 Å². The molecule has 1 unspecified atom stereocenters. The van der Waals surface area contributed by atoms with Crippen LogP contribution in [0.5, 0.6) is 0 Å². The minimum atomic E-state index is -0.582. The molecule has 0 spiro atoms. The summed E-state index contributed by atoms with van der Waals surface area (Å²) in [5.41, 5.74) is 0. The van der Waals surface area contributed by atoms with Gasteiger partial charge >= 0.3 is 0 Å². The van der Waals surface area contributed by atoms with Crippen LogP contribution in [0.2, 0.25) is 0 Å². The predicted molar refractivity (Wildman–Crippen MR) is 43.0 cm³/mol. The molecule has 9 heavy (non-hydrogen) atoms. The van der Waals surface area contributed by atoms with Crippen molar-refractivity contribution in [2.75, 3.05) is 12.0 Å². The van der Waals surface area contributed by atoms with E-state index in [1.807, 2.05) is 0 Å². The van der Waals surface area contributed by atoms with Gasteiger partial charge in [0.2, 0.25) is 0 Å². The lowest BCUT2D eigenvalue weighted by Crippen LogP contribution is -1.96. The molecule has 0 fully saturated rings. The molecule has 0 bridgehead atoms. The van der Waals surface area contributed by atoms with Crippen molar-refractivity contribution < 1.29 is 4.21 Å². The first kappa shape index (κ1) is 9.15. The van der Waals surface area contributed by atoms with Crippen LogP contribution < -0.4 is 0 Å². The zero-order valence-electron chi connectivity index (χ0n) is 6.52. The van der Waals surface area contributed by atoms with Crippen LogP contribution >= 0.6 is 0 Å². The van der Waals surface area contributed by atoms with Crippen LogP contribution in [0.3, 0.4) is 0 Å². The summed E-state index contributed by atoms with van der Waals surface area (Å²) in [7, 11) is -0.582. The fraction of sp³-hybridized carbons (Fsp3) is 1.00. The second-order valence-corrected chi connectivity index (χ2v) is 4.37. The topological polar surface area (TPSA) is 17.1 Å². The van der Waals surface area contributed by atoms with Crippen molar-refractivity contribution in [2.24, 2.45) is 5.92 Å². The number of hydrogen-bond acceptors (Lipinski definition) is 1. The van der Waals surface area contributed by atoms with Crippen LogP contribution in [0.4, 0.5) is 0 Å². The highest BCUT2D eigenvalue weighted by molar-refractivity contribution is 7.84. The average molecular weight is 148 g/mol. The molecule has 0 aromatic rings. The third kappa shape index (κ3) is 8.15. The maximum absolute atomic E-state index is 10.5. The lowest BCUT2D eigenvalue weighted by Gasteiger charge is -2.00. The Bertz CT molecular complexity index is 88.9. The summed E-state index contributed by atoms with van der Waals surface area (Å²) < 4.78 is 10.5. The van der Waals surface area contributed by atoms with Gasteiger partial charge in [-0.1, -0.05) is 20.3 Å². The molecule has 1 atom stereocenters. The molecule has 0 aliphatic heterocycles. The van der Waals surface area contributed by atoms with Crippen LogP contribution in [-0.2, 0) is 10.8 Å². The molecule has 56 valence electrons. The Morgan fingerprint density at radius 1 is 1.44 bits per heavy atom. The van der Waals surface area contributed by atoms with Gasteiger partial charge in [-0.3, -0.25) is 4.21 Å². The van der Waals surface area contributed by atoms with E-state index in [0.29, 0.717) is 0 Å². The lowest BCUT2D eigenvalue weighted by atomic mass is 10.1. The smallest absolute Gasteiger partial charge is 0.0232 e. The number of rotatable bonds is 4. The zero-order chi connectivity index (χ0) is 7.28. The van der Waals surface area contributed by atoms with Crippen LogP contribution in [0.15, 0.2) is 0 Å². The highest BCUT2D eigenvalue weighted by Crippen LogP contribution is 2.02. The van der Waals surface area contributed by atoms with Crippen molar-refractivity contribution in [3.05, 3.63) is 0 Å². The normalized spacial score (nSPS) is 14.2. The largest absolute Gasteiger partial charge is 0.260 e. The molecule has 0 aliphatic rings. The van der Waals surface area contributed by atoms with Crippen LogP contribution in [-0.4, -0.2) is 16.2 Å². The van der Waals surface area contributed by atoms with Crippen molar-refractivity contribution >= 4 is 10.8 Å². The van der Waals surface area contributed by atoms with E-state index < -0.39 is 10.8 Å². The molecule has 0 aromatic heterocycles. The van der Waals surface area contributed by atoms with Gasteiger partial charge in [0.15, 0.2) is 0 Å². The summed E-state index contributed by atoms with van der Waals surface area (Å²) in [5.74, 6) is 1.63. The second-order valence-electron chi connectivity index (χ2n) is 2.81. The zero-order valence-corrected chi connectivity index (χ0v) is 7.33. The Kier molecular flexibility index (Phi) is 5.06. The summed E-state index contributed by atoms with van der Waals surface area (Å²) in [6, 6.07) is 0. The van der Waals surface area contributed by atoms with E-state index >= 15 is 0 Å². The van der Waals surface area contributed by atoms with Crippen molar-refractivity contribution in [3.8, 4) is 0 Å². The van der Waals surface area contributed by atoms with Gasteiger partial charge in [0.25, 0.3) is 0 Å². The first-order valence-corrected chi connectivity index (χ1v) is 5.15. The van der Waals surface area contributed by atoms with Crippen molar-refractivity contribution in [1.29, 1.82) is 0 Å². The predicted octanol–water partition coefficient (Wildman–Crippen LogP) is 1.80. The van der Waals surface area contributed by atoms with E-state index in [-0.39, 0.29) is 0 Å². The molecule has 0 heterocycles. The third-order valence-electron chi connectivity index (χ3n) is 1.21. The van der Waals surface area contributed by atoms with Crippen molar-refractivity contribution in [2.45, 2.75) is 26.7 Å². The fourth-order valence-electron chi connectivity index (χ4n) is 0.695. The molecular weight excluding hydrogens is 132 g/mol. The highest BCUT2D eigenvalue weighted by atomic mass is 32.2. The SMILES string of the molecule is CC(C)CCCS(C)=O. The lowest BCUT2D eigenvalue weighted by molar-refractivity contribution is 0.576. The van der Waals surface area contributed by atoms with Gasteiger partial charge in [-0.15, -0.1) is 0 Å². The minimum absolute atomic E-state index is 0.582. The fourth-order valence-corrected chi connectivity index (χ4v) is 1.27. The number of hydrogen-bond donors (Lipinski definition) is 0. The van der Waals surface area contributed by atoms with Crippen molar-refractivity contribution in [3.63, 3.8) is 0 Å². The van der Waals surface area contributed by atoms with Crippen LogP contribution in [0.25, 0.3) is 0 Å². The quantitative estimate of drug-likeness (QED) is 0.594. The molecule has 1 nitrogen and oxygen atoms in total. The average Bonchev–Trinajstić information content (AvgIpc) is 1.63. The Labute approximate surface area is 60.3 Å². The summed E-state index contributed by atoms with van der Waals surface area (Å²) in [4.78, 5) is 0.